The molecule has 0 unspecified atom stereocenters. The third-order valence-corrected chi connectivity index (χ3v) is 11.6. The molecule has 3 heterocycles. The number of rotatable bonds is 18. The molecular formula is C42H63FN6O9S. The van der Waals surface area contributed by atoms with Crippen LogP contribution in [0.5, 0.6) is 5.75 Å². The molecule has 328 valence electrons. The zero-order valence-corrected chi connectivity index (χ0v) is 36.4. The molecule has 2 aliphatic heterocycles. The van der Waals surface area contributed by atoms with Crippen LogP contribution in [0.15, 0.2) is 23.7 Å². The van der Waals surface area contributed by atoms with Gasteiger partial charge in [-0.3, -0.25) is 14.4 Å². The number of aliphatic hydroxyl groups excluding tert-OH is 1. The fraction of sp³-hybridized carbons (Fsp3) is 0.690. The van der Waals surface area contributed by atoms with E-state index in [1.807, 2.05) is 45.9 Å². The highest BCUT2D eigenvalue weighted by molar-refractivity contribution is 7.13. The molecule has 1 saturated carbocycles. The molecule has 0 radical (unpaired) electrons. The first-order valence-electron chi connectivity index (χ1n) is 20.6. The molecule has 2 saturated heterocycles. The van der Waals surface area contributed by atoms with Crippen LogP contribution in [0, 0.1) is 12.3 Å². The van der Waals surface area contributed by atoms with Gasteiger partial charge in [-0.15, -0.1) is 11.3 Å². The molecular weight excluding hydrogens is 784 g/mol. The fourth-order valence-corrected chi connectivity index (χ4v) is 7.88. The fourth-order valence-electron chi connectivity index (χ4n) is 7.07. The van der Waals surface area contributed by atoms with E-state index in [4.69, 9.17) is 18.9 Å². The predicted molar refractivity (Wildman–Crippen MR) is 221 cm³/mol. The smallest absolute Gasteiger partial charge is 0.407 e. The molecule has 4 amide bonds. The van der Waals surface area contributed by atoms with Crippen molar-refractivity contribution in [2.45, 2.75) is 123 Å². The second kappa shape index (κ2) is 20.1. The maximum absolute atomic E-state index is 14.6. The van der Waals surface area contributed by atoms with Crippen LogP contribution in [0.2, 0.25) is 0 Å². The predicted octanol–water partition coefficient (Wildman–Crippen LogP) is 4.13. The Labute approximate surface area is 351 Å². The van der Waals surface area contributed by atoms with Crippen molar-refractivity contribution in [2.24, 2.45) is 5.41 Å². The SMILES string of the molecule is Cc1ncsc1-c1ccc(CNC(=O)[C@@H]2C[C@@H](O)CN2C(=O)[C@@H](NC(=O)C2(F)CC2)C(C)(C)C)c(OCCOCCOCCN2CCC(NC(=O)OC(C)(C)C)CC2)c1. The number of nitrogens with zero attached hydrogens (tertiary/aromatic N) is 3. The van der Waals surface area contributed by atoms with Crippen molar-refractivity contribution in [1.29, 1.82) is 0 Å². The van der Waals surface area contributed by atoms with Gasteiger partial charge in [0.1, 0.15) is 30.0 Å². The number of aliphatic hydroxyl groups is 1. The van der Waals surface area contributed by atoms with Crippen LogP contribution in [0.3, 0.4) is 0 Å². The molecule has 1 aliphatic carbocycles. The van der Waals surface area contributed by atoms with Crippen molar-refractivity contribution in [2.75, 3.05) is 59.2 Å². The number of benzene rings is 1. The molecule has 5 rings (SSSR count). The number of thiazole rings is 1. The number of piperidine rings is 1. The number of halogens is 1. The number of hydrogen-bond acceptors (Lipinski definition) is 12. The topological polar surface area (TPSA) is 181 Å². The van der Waals surface area contributed by atoms with E-state index in [9.17, 15) is 28.7 Å². The van der Waals surface area contributed by atoms with Gasteiger partial charge in [0.25, 0.3) is 5.91 Å². The van der Waals surface area contributed by atoms with Crippen molar-refractivity contribution >= 4 is 35.2 Å². The maximum Gasteiger partial charge on any atom is 0.407 e. The summed E-state index contributed by atoms with van der Waals surface area (Å²) >= 11 is 1.52. The lowest BCUT2D eigenvalue weighted by molar-refractivity contribution is -0.145. The Balaban J connectivity index is 1.08. The van der Waals surface area contributed by atoms with E-state index in [2.05, 4.69) is 25.8 Å². The number of β-amino-alcohol motifs (C(OH)–C–C–N with tert-alkyl or cyclic N) is 1. The first-order valence-corrected chi connectivity index (χ1v) is 21.5. The van der Waals surface area contributed by atoms with E-state index in [0.29, 0.717) is 37.7 Å². The van der Waals surface area contributed by atoms with E-state index >= 15 is 0 Å². The normalized spacial score (nSPS) is 20.2. The maximum atomic E-state index is 14.6. The minimum atomic E-state index is -1.97. The molecule has 4 N–H and O–H groups in total. The van der Waals surface area contributed by atoms with Gasteiger partial charge in [0, 0.05) is 50.7 Å². The summed E-state index contributed by atoms with van der Waals surface area (Å²) in [4.78, 5) is 61.2. The summed E-state index contributed by atoms with van der Waals surface area (Å²) in [5.41, 5.74) is 1.02. The van der Waals surface area contributed by atoms with Gasteiger partial charge < -0.3 is 49.8 Å². The average Bonchev–Trinajstić information content (AvgIpc) is 3.57. The van der Waals surface area contributed by atoms with Crippen LogP contribution >= 0.6 is 11.3 Å². The highest BCUT2D eigenvalue weighted by atomic mass is 32.1. The molecule has 2 aromatic rings. The van der Waals surface area contributed by atoms with Gasteiger partial charge in [-0.25, -0.2) is 14.2 Å². The number of likely N-dealkylation sites (tertiary alicyclic amines) is 2. The quantitative estimate of drug-likeness (QED) is 0.159. The number of aromatic nitrogens is 1. The van der Waals surface area contributed by atoms with Crippen LogP contribution in [0.25, 0.3) is 10.4 Å². The van der Waals surface area contributed by atoms with Crippen molar-refractivity contribution < 1.29 is 47.6 Å². The second-order valence-corrected chi connectivity index (χ2v) is 18.6. The zero-order chi connectivity index (χ0) is 43.0. The highest BCUT2D eigenvalue weighted by Crippen LogP contribution is 2.40. The standard InChI is InChI=1S/C42H63FN6O9S/c1-27-34(59-26-45-27)28-8-9-29(24-44-36(51)32-23-31(50)25-49(32)37(52)35(40(2,3)4)47-38(53)42(43)12-13-42)33(22-28)57-21-20-56-19-18-55-17-16-48-14-10-30(11-15-48)46-39(54)58-41(5,6)7/h8-9,22,26,30-32,35,50H,10-21,23-25H2,1-7H3,(H,44,51)(H,46,54)(H,47,53)/t31-,32+,35-/m1/s1. The summed E-state index contributed by atoms with van der Waals surface area (Å²) in [6.07, 6.45) is 0.648. The highest BCUT2D eigenvalue weighted by Gasteiger charge is 2.53. The number of carbonyl (C=O) groups excluding carboxylic acids is 4. The number of aryl methyl sites for hydroxylation is 1. The van der Waals surface area contributed by atoms with E-state index < -0.39 is 52.6 Å². The van der Waals surface area contributed by atoms with Gasteiger partial charge in [0.05, 0.1) is 48.6 Å². The van der Waals surface area contributed by atoms with Crippen LogP contribution in [-0.2, 0) is 35.1 Å². The first kappa shape index (κ1) is 46.2. The number of ether oxygens (including phenoxy) is 4. The number of amides is 4. The molecule has 15 nitrogen and oxygen atoms in total. The van der Waals surface area contributed by atoms with Crippen molar-refractivity contribution in [3.63, 3.8) is 0 Å². The van der Waals surface area contributed by atoms with Gasteiger partial charge in [-0.05, 0) is 70.4 Å². The van der Waals surface area contributed by atoms with Crippen LogP contribution in [0.4, 0.5) is 9.18 Å². The molecule has 3 atom stereocenters. The Morgan fingerprint density at radius 3 is 2.32 bits per heavy atom. The zero-order valence-electron chi connectivity index (χ0n) is 35.6. The lowest BCUT2D eigenvalue weighted by Gasteiger charge is -2.35. The van der Waals surface area contributed by atoms with E-state index in [1.54, 1.807) is 26.3 Å². The summed E-state index contributed by atoms with van der Waals surface area (Å²) in [6.45, 7) is 17.3. The largest absolute Gasteiger partial charge is 0.491 e. The Morgan fingerprint density at radius 2 is 1.69 bits per heavy atom. The summed E-state index contributed by atoms with van der Waals surface area (Å²) in [6, 6.07) is 3.75. The van der Waals surface area contributed by atoms with Crippen molar-refractivity contribution in [3.05, 3.63) is 35.0 Å². The van der Waals surface area contributed by atoms with Gasteiger partial charge in [-0.1, -0.05) is 32.9 Å². The van der Waals surface area contributed by atoms with Gasteiger partial charge in [0.2, 0.25) is 11.8 Å². The van der Waals surface area contributed by atoms with E-state index in [0.717, 1.165) is 48.6 Å². The minimum Gasteiger partial charge on any atom is -0.491 e. The monoisotopic (exact) mass is 846 g/mol. The van der Waals surface area contributed by atoms with E-state index in [1.165, 1.54) is 16.2 Å². The molecule has 1 aromatic carbocycles. The molecule has 3 fully saturated rings. The lowest BCUT2D eigenvalue weighted by Crippen LogP contribution is -2.59. The number of nitrogens with one attached hydrogen (secondary N) is 3. The van der Waals surface area contributed by atoms with Crippen LogP contribution in [0.1, 0.15) is 84.9 Å². The third-order valence-electron chi connectivity index (χ3n) is 10.6. The number of carbonyl (C=O) groups is 4. The van der Waals surface area contributed by atoms with Gasteiger partial charge in [0.15, 0.2) is 5.67 Å². The molecule has 17 heteroatoms. The van der Waals surface area contributed by atoms with Crippen LogP contribution in [-0.4, -0.2) is 138 Å². The molecule has 3 aliphatic rings. The first-order chi connectivity index (χ1) is 27.8. The molecule has 0 bridgehead atoms. The summed E-state index contributed by atoms with van der Waals surface area (Å²) in [5, 5.41) is 19.0. The average molecular weight is 847 g/mol. The summed E-state index contributed by atoms with van der Waals surface area (Å²) < 4.78 is 37.7. The molecule has 1 aromatic heterocycles. The lowest BCUT2D eigenvalue weighted by atomic mass is 9.85. The summed E-state index contributed by atoms with van der Waals surface area (Å²) in [5.74, 6) is -1.28. The molecule has 0 spiro atoms. The number of hydrogen-bond donors (Lipinski definition) is 4. The summed E-state index contributed by atoms with van der Waals surface area (Å²) in [7, 11) is 0. The van der Waals surface area contributed by atoms with Crippen LogP contribution < -0.4 is 20.7 Å². The Hall–Kier alpha value is -3.90. The molecule has 59 heavy (non-hydrogen) atoms. The second-order valence-electron chi connectivity index (χ2n) is 17.8. The van der Waals surface area contributed by atoms with Gasteiger partial charge >= 0.3 is 6.09 Å². The third kappa shape index (κ3) is 13.6. The minimum absolute atomic E-state index is 0.0250. The Bertz CT molecular complexity index is 1750. The Kier molecular flexibility index (Phi) is 15.7. The van der Waals surface area contributed by atoms with Crippen molar-refractivity contribution in [1.82, 2.24) is 30.7 Å². The Morgan fingerprint density at radius 1 is 1.02 bits per heavy atom. The number of alkyl carbamates (subject to hydrolysis) is 1. The number of alkyl halides is 1. The van der Waals surface area contributed by atoms with Crippen molar-refractivity contribution in [3.8, 4) is 16.2 Å². The van der Waals surface area contributed by atoms with E-state index in [-0.39, 0.29) is 51.1 Å². The van der Waals surface area contributed by atoms with Gasteiger partial charge in [-0.2, -0.15) is 0 Å².